The minimum atomic E-state index is -0.409. The summed E-state index contributed by atoms with van der Waals surface area (Å²) in [5, 5.41) is 13.6. The monoisotopic (exact) mass is 408 g/mol. The van der Waals surface area contributed by atoms with Crippen LogP contribution in [-0.4, -0.2) is 23.9 Å². The highest BCUT2D eigenvalue weighted by Crippen LogP contribution is 2.22. The van der Waals surface area contributed by atoms with Crippen LogP contribution in [0.2, 0.25) is 0 Å². The van der Waals surface area contributed by atoms with Crippen molar-refractivity contribution in [3.05, 3.63) is 84.1 Å². The number of nitrogens with one attached hydrogen (secondary N) is 1. The maximum absolute atomic E-state index is 10.3. The number of aliphatic hydroxyl groups excluding tert-OH is 1. The molecule has 2 unspecified atom stereocenters. The summed E-state index contributed by atoms with van der Waals surface area (Å²) >= 11 is 0. The van der Waals surface area contributed by atoms with E-state index in [4.69, 9.17) is 0 Å². The van der Waals surface area contributed by atoms with Crippen molar-refractivity contribution in [3.63, 3.8) is 0 Å². The molecule has 0 radical (unpaired) electrons. The third-order valence-corrected chi connectivity index (χ3v) is 5.37. The second-order valence-corrected chi connectivity index (χ2v) is 7.97. The minimum absolute atomic E-state index is 0.213. The molecule has 0 aliphatic carbocycles. The summed E-state index contributed by atoms with van der Waals surface area (Å²) < 4.78 is 0. The Morgan fingerprint density at radius 1 is 1.23 bits per heavy atom. The molecule has 0 fully saturated rings. The Hall–Kier alpha value is -2.23. The van der Waals surface area contributed by atoms with Crippen molar-refractivity contribution in [1.29, 1.82) is 0 Å². The van der Waals surface area contributed by atoms with Gasteiger partial charge in [0.25, 0.3) is 0 Å². The maximum atomic E-state index is 10.3. The zero-order valence-electron chi connectivity index (χ0n) is 19.5. The Morgan fingerprint density at radius 2 is 1.93 bits per heavy atom. The molecule has 0 aromatic heterocycles. The Morgan fingerprint density at radius 3 is 2.53 bits per heavy atom. The van der Waals surface area contributed by atoms with E-state index in [2.05, 4.69) is 61.9 Å². The predicted octanol–water partition coefficient (Wildman–Crippen LogP) is 6.34. The molecule has 1 aromatic carbocycles. The summed E-state index contributed by atoms with van der Waals surface area (Å²) in [6, 6.07) is 8.26. The van der Waals surface area contributed by atoms with E-state index in [0.29, 0.717) is 0 Å². The van der Waals surface area contributed by atoms with Crippen LogP contribution in [-0.2, 0) is 6.42 Å². The molecule has 0 amide bonds. The van der Waals surface area contributed by atoms with Gasteiger partial charge < -0.3 is 10.4 Å². The predicted molar refractivity (Wildman–Crippen MR) is 132 cm³/mol. The molecule has 3 heteroatoms. The van der Waals surface area contributed by atoms with Crippen molar-refractivity contribution in [3.8, 4) is 0 Å². The van der Waals surface area contributed by atoms with Gasteiger partial charge in [0.2, 0.25) is 0 Å². The molecule has 2 N–H and O–H groups in total. The molecule has 1 rings (SSSR count). The molecule has 0 spiro atoms. The van der Waals surface area contributed by atoms with Crippen LogP contribution in [0.15, 0.2) is 78.0 Å². The number of benzene rings is 1. The number of aliphatic hydroxyl groups is 1. The fourth-order valence-corrected chi connectivity index (χ4v) is 3.02. The molecular weight excluding hydrogens is 368 g/mol. The van der Waals surface area contributed by atoms with Crippen molar-refractivity contribution >= 4 is 5.71 Å². The fourth-order valence-electron chi connectivity index (χ4n) is 3.02. The van der Waals surface area contributed by atoms with E-state index in [9.17, 15) is 5.11 Å². The van der Waals surface area contributed by atoms with Gasteiger partial charge in [-0.25, -0.2) is 0 Å². The van der Waals surface area contributed by atoms with E-state index >= 15 is 0 Å². The van der Waals surface area contributed by atoms with Crippen LogP contribution in [0.3, 0.4) is 0 Å². The lowest BCUT2D eigenvalue weighted by molar-refractivity contribution is 0.167. The lowest BCUT2D eigenvalue weighted by Gasteiger charge is -2.20. The molecule has 0 saturated carbocycles. The van der Waals surface area contributed by atoms with E-state index in [-0.39, 0.29) is 5.41 Å². The maximum Gasteiger partial charge on any atom is 0.0802 e. The van der Waals surface area contributed by atoms with Crippen LogP contribution >= 0.6 is 0 Å². The Kier molecular flexibility index (Phi) is 12.0. The van der Waals surface area contributed by atoms with Gasteiger partial charge in [0, 0.05) is 17.3 Å². The van der Waals surface area contributed by atoms with E-state index in [1.165, 1.54) is 11.1 Å². The summed E-state index contributed by atoms with van der Waals surface area (Å²) in [7, 11) is 0. The van der Waals surface area contributed by atoms with Gasteiger partial charge in [-0.1, -0.05) is 61.1 Å². The summed E-state index contributed by atoms with van der Waals surface area (Å²) in [6.45, 7) is 16.1. The first-order chi connectivity index (χ1) is 14.4. The first-order valence-electron chi connectivity index (χ1n) is 11.0. The molecule has 3 nitrogen and oxygen atoms in total. The Balaban J connectivity index is 2.62. The Bertz CT molecular complexity index is 756. The molecule has 0 aliphatic heterocycles. The highest BCUT2D eigenvalue weighted by atomic mass is 16.3. The normalized spacial score (nSPS) is 16.2. The first kappa shape index (κ1) is 25.8. The van der Waals surface area contributed by atoms with Crippen LogP contribution < -0.4 is 5.32 Å². The average molecular weight is 409 g/mol. The quantitative estimate of drug-likeness (QED) is 0.173. The topological polar surface area (TPSA) is 44.6 Å². The van der Waals surface area contributed by atoms with E-state index < -0.39 is 6.10 Å². The van der Waals surface area contributed by atoms with E-state index in [0.717, 1.165) is 43.6 Å². The second-order valence-electron chi connectivity index (χ2n) is 7.97. The molecular formula is C27H40N2O. The molecule has 1 aromatic rings. The first-order valence-corrected chi connectivity index (χ1v) is 11.0. The summed E-state index contributed by atoms with van der Waals surface area (Å²) in [5.41, 5.74) is 4.18. The summed E-state index contributed by atoms with van der Waals surface area (Å²) in [6.07, 6.45) is 14.4. The van der Waals surface area contributed by atoms with E-state index in [1.807, 2.05) is 50.4 Å². The zero-order valence-corrected chi connectivity index (χ0v) is 19.5. The van der Waals surface area contributed by atoms with Crippen LogP contribution in [0.4, 0.5) is 0 Å². The van der Waals surface area contributed by atoms with E-state index in [1.54, 1.807) is 0 Å². The highest BCUT2D eigenvalue weighted by Gasteiger charge is 2.19. The van der Waals surface area contributed by atoms with Gasteiger partial charge in [-0.15, -0.1) is 6.58 Å². The van der Waals surface area contributed by atoms with Crippen LogP contribution in [0.1, 0.15) is 64.7 Å². The van der Waals surface area contributed by atoms with Gasteiger partial charge in [-0.3, -0.25) is 4.99 Å². The summed E-state index contributed by atoms with van der Waals surface area (Å²) in [5.74, 6) is 0. The lowest BCUT2D eigenvalue weighted by Crippen LogP contribution is -2.19. The number of allylic oxidation sites excluding steroid dienone is 6. The second kappa shape index (κ2) is 13.9. The molecule has 164 valence electrons. The SMILES string of the molecule is C=CC(C)(C=CC)C(C)=N/C=C\C(C)=CCc1ccc(C(O)CCNCCC)cc1. The largest absolute Gasteiger partial charge is 0.388 e. The molecule has 2 atom stereocenters. The lowest BCUT2D eigenvalue weighted by atomic mass is 9.85. The number of hydrogen-bond acceptors (Lipinski definition) is 3. The molecule has 0 aliphatic rings. The third-order valence-electron chi connectivity index (χ3n) is 5.37. The minimum Gasteiger partial charge on any atom is -0.388 e. The fraction of sp³-hybridized carbons (Fsp3) is 0.444. The number of rotatable bonds is 13. The third kappa shape index (κ3) is 9.06. The van der Waals surface area contributed by atoms with Gasteiger partial charge in [-0.2, -0.15) is 0 Å². The number of nitrogens with zero attached hydrogens (tertiary/aromatic N) is 1. The average Bonchev–Trinajstić information content (AvgIpc) is 2.75. The van der Waals surface area contributed by atoms with Crippen molar-refractivity contribution < 1.29 is 5.11 Å². The zero-order chi connectivity index (χ0) is 22.4. The van der Waals surface area contributed by atoms with Gasteiger partial charge >= 0.3 is 0 Å². The summed E-state index contributed by atoms with van der Waals surface area (Å²) in [4.78, 5) is 4.59. The smallest absolute Gasteiger partial charge is 0.0802 e. The van der Waals surface area contributed by atoms with Crippen molar-refractivity contribution in [2.45, 2.75) is 60.0 Å². The van der Waals surface area contributed by atoms with Crippen molar-refractivity contribution in [2.75, 3.05) is 13.1 Å². The molecule has 30 heavy (non-hydrogen) atoms. The van der Waals surface area contributed by atoms with Gasteiger partial charge in [-0.05, 0) is 77.2 Å². The molecule has 0 saturated heterocycles. The number of hydrogen-bond donors (Lipinski definition) is 2. The van der Waals surface area contributed by atoms with Crippen LogP contribution in [0.5, 0.6) is 0 Å². The Labute approximate surface area is 184 Å². The van der Waals surface area contributed by atoms with Gasteiger partial charge in [0.05, 0.1) is 6.10 Å². The standard InChI is InChI=1S/C27H40N2O/c1-7-18-27(6,9-3)23(5)29-21-16-22(4)10-11-24-12-14-25(15-13-24)26(30)17-20-28-19-8-2/h7,9-10,12-16,18,21,26,28,30H,3,8,11,17,19-20H2,1-2,4-6H3/b18-7?,21-16-,22-10?,29-23?. The molecule has 0 bridgehead atoms. The van der Waals surface area contributed by atoms with Gasteiger partial charge in [0.1, 0.15) is 0 Å². The van der Waals surface area contributed by atoms with Crippen molar-refractivity contribution in [1.82, 2.24) is 5.32 Å². The van der Waals surface area contributed by atoms with Crippen LogP contribution in [0, 0.1) is 5.41 Å². The number of aliphatic imine (C=N–C) groups is 1. The van der Waals surface area contributed by atoms with Crippen molar-refractivity contribution in [2.24, 2.45) is 10.4 Å². The molecule has 0 heterocycles. The van der Waals surface area contributed by atoms with Crippen LogP contribution in [0.25, 0.3) is 0 Å². The van der Waals surface area contributed by atoms with Gasteiger partial charge in [0.15, 0.2) is 0 Å². The highest BCUT2D eigenvalue weighted by molar-refractivity contribution is 5.91.